The number of aromatic carboxylic acids is 1. The van der Waals surface area contributed by atoms with Crippen LogP contribution in [0.3, 0.4) is 0 Å². The molecule has 0 aliphatic carbocycles. The Kier molecular flexibility index (Phi) is 4.10. The van der Waals surface area contributed by atoms with Gasteiger partial charge in [-0.25, -0.2) is 4.79 Å². The van der Waals surface area contributed by atoms with Gasteiger partial charge in [0, 0.05) is 0 Å². The van der Waals surface area contributed by atoms with Crippen molar-refractivity contribution in [3.05, 3.63) is 41.0 Å². The fraction of sp³-hybridized carbons (Fsp3) is 0.308. The van der Waals surface area contributed by atoms with E-state index in [1.807, 2.05) is 12.1 Å². The number of rotatable bonds is 4. The SMILES string of the molecule is CCC/C(C)=C\c1ccc(C(=O)O)cc1. The van der Waals surface area contributed by atoms with Crippen LogP contribution in [0.1, 0.15) is 42.6 Å². The zero-order chi connectivity index (χ0) is 11.3. The first-order valence-corrected chi connectivity index (χ1v) is 5.14. The molecule has 0 unspecified atom stereocenters. The van der Waals surface area contributed by atoms with Crippen molar-refractivity contribution in [1.82, 2.24) is 0 Å². The molecular formula is C13H16O2. The van der Waals surface area contributed by atoms with Crippen LogP contribution in [-0.2, 0) is 0 Å². The van der Waals surface area contributed by atoms with Gasteiger partial charge in [0.2, 0.25) is 0 Å². The van der Waals surface area contributed by atoms with Crippen LogP contribution in [0, 0.1) is 0 Å². The molecule has 2 nitrogen and oxygen atoms in total. The van der Waals surface area contributed by atoms with Crippen LogP contribution >= 0.6 is 0 Å². The van der Waals surface area contributed by atoms with E-state index in [0.717, 1.165) is 18.4 Å². The quantitative estimate of drug-likeness (QED) is 0.813. The highest BCUT2D eigenvalue weighted by Crippen LogP contribution is 2.12. The maximum atomic E-state index is 10.6. The van der Waals surface area contributed by atoms with E-state index in [1.165, 1.54) is 5.57 Å². The van der Waals surface area contributed by atoms with Gasteiger partial charge < -0.3 is 5.11 Å². The van der Waals surface area contributed by atoms with Crippen LogP contribution in [0.25, 0.3) is 6.08 Å². The van der Waals surface area contributed by atoms with Crippen LogP contribution in [0.4, 0.5) is 0 Å². The summed E-state index contributed by atoms with van der Waals surface area (Å²) in [5.74, 6) is -0.879. The largest absolute Gasteiger partial charge is 0.478 e. The molecule has 0 amide bonds. The van der Waals surface area contributed by atoms with E-state index in [-0.39, 0.29) is 0 Å². The van der Waals surface area contributed by atoms with Crippen LogP contribution in [0.5, 0.6) is 0 Å². The Morgan fingerprint density at radius 1 is 1.33 bits per heavy atom. The molecule has 0 bridgehead atoms. The lowest BCUT2D eigenvalue weighted by Gasteiger charge is -1.99. The number of carbonyl (C=O) groups is 1. The molecule has 0 spiro atoms. The fourth-order valence-corrected chi connectivity index (χ4v) is 1.47. The van der Waals surface area contributed by atoms with Gasteiger partial charge in [0.25, 0.3) is 0 Å². The molecule has 1 aromatic rings. The maximum Gasteiger partial charge on any atom is 0.335 e. The van der Waals surface area contributed by atoms with E-state index < -0.39 is 5.97 Å². The molecule has 0 aliphatic heterocycles. The summed E-state index contributed by atoms with van der Waals surface area (Å²) in [6, 6.07) is 6.94. The third kappa shape index (κ3) is 3.58. The van der Waals surface area contributed by atoms with Crippen molar-refractivity contribution >= 4 is 12.0 Å². The summed E-state index contributed by atoms with van der Waals surface area (Å²) >= 11 is 0. The van der Waals surface area contributed by atoms with Crippen molar-refractivity contribution in [1.29, 1.82) is 0 Å². The molecule has 0 saturated heterocycles. The smallest absolute Gasteiger partial charge is 0.335 e. The van der Waals surface area contributed by atoms with E-state index >= 15 is 0 Å². The van der Waals surface area contributed by atoms with E-state index in [1.54, 1.807) is 12.1 Å². The highest BCUT2D eigenvalue weighted by Gasteiger charge is 2.00. The summed E-state index contributed by atoms with van der Waals surface area (Å²) in [7, 11) is 0. The summed E-state index contributed by atoms with van der Waals surface area (Å²) in [6.07, 6.45) is 4.31. The molecule has 80 valence electrons. The highest BCUT2D eigenvalue weighted by atomic mass is 16.4. The van der Waals surface area contributed by atoms with Crippen LogP contribution in [-0.4, -0.2) is 11.1 Å². The predicted molar refractivity (Wildman–Crippen MR) is 62.0 cm³/mol. The van der Waals surface area contributed by atoms with Crippen molar-refractivity contribution in [2.45, 2.75) is 26.7 Å². The van der Waals surface area contributed by atoms with Crippen molar-refractivity contribution in [3.63, 3.8) is 0 Å². The molecule has 0 saturated carbocycles. The Morgan fingerprint density at radius 3 is 2.40 bits per heavy atom. The first kappa shape index (κ1) is 11.5. The first-order valence-electron chi connectivity index (χ1n) is 5.14. The molecule has 1 N–H and O–H groups in total. The van der Waals surface area contributed by atoms with E-state index in [0.29, 0.717) is 5.56 Å². The average Bonchev–Trinajstić information content (AvgIpc) is 2.18. The Balaban J connectivity index is 2.80. The molecule has 1 rings (SSSR count). The van der Waals surface area contributed by atoms with Gasteiger partial charge in [-0.15, -0.1) is 0 Å². The molecular weight excluding hydrogens is 188 g/mol. The number of carboxylic acid groups (broad SMARTS) is 1. The van der Waals surface area contributed by atoms with Gasteiger partial charge in [0.15, 0.2) is 0 Å². The van der Waals surface area contributed by atoms with Gasteiger partial charge >= 0.3 is 5.97 Å². The standard InChI is InChI=1S/C13H16O2/c1-3-4-10(2)9-11-5-7-12(8-6-11)13(14)15/h5-9H,3-4H2,1-2H3,(H,14,15)/b10-9-. The molecule has 0 aromatic heterocycles. The van der Waals surface area contributed by atoms with E-state index in [9.17, 15) is 4.79 Å². The lowest BCUT2D eigenvalue weighted by molar-refractivity contribution is 0.0697. The summed E-state index contributed by atoms with van der Waals surface area (Å²) in [5, 5.41) is 8.73. The van der Waals surface area contributed by atoms with Gasteiger partial charge in [0.05, 0.1) is 5.56 Å². The number of carboxylic acids is 1. The highest BCUT2D eigenvalue weighted by molar-refractivity contribution is 5.87. The monoisotopic (exact) mass is 204 g/mol. The fourth-order valence-electron chi connectivity index (χ4n) is 1.47. The number of benzene rings is 1. The topological polar surface area (TPSA) is 37.3 Å². The number of hydrogen-bond donors (Lipinski definition) is 1. The Morgan fingerprint density at radius 2 is 1.93 bits per heavy atom. The Labute approximate surface area is 90.3 Å². The molecule has 2 heteroatoms. The van der Waals surface area contributed by atoms with Gasteiger partial charge in [-0.3, -0.25) is 0 Å². The van der Waals surface area contributed by atoms with Gasteiger partial charge in [-0.05, 0) is 31.0 Å². The summed E-state index contributed by atoms with van der Waals surface area (Å²) in [4.78, 5) is 10.6. The van der Waals surface area contributed by atoms with Crippen molar-refractivity contribution in [3.8, 4) is 0 Å². The van der Waals surface area contributed by atoms with E-state index in [2.05, 4.69) is 19.9 Å². The zero-order valence-corrected chi connectivity index (χ0v) is 9.16. The average molecular weight is 204 g/mol. The number of hydrogen-bond acceptors (Lipinski definition) is 1. The minimum Gasteiger partial charge on any atom is -0.478 e. The molecule has 0 fully saturated rings. The van der Waals surface area contributed by atoms with Crippen LogP contribution in [0.2, 0.25) is 0 Å². The molecule has 1 aromatic carbocycles. The second kappa shape index (κ2) is 5.35. The van der Waals surface area contributed by atoms with Crippen LogP contribution in [0.15, 0.2) is 29.8 Å². The number of allylic oxidation sites excluding steroid dienone is 1. The molecule has 0 heterocycles. The predicted octanol–water partition coefficient (Wildman–Crippen LogP) is 3.59. The normalized spacial score (nSPS) is 11.5. The third-order valence-corrected chi connectivity index (χ3v) is 2.22. The van der Waals surface area contributed by atoms with Gasteiger partial charge in [-0.2, -0.15) is 0 Å². The maximum absolute atomic E-state index is 10.6. The molecule has 0 atom stereocenters. The Hall–Kier alpha value is -1.57. The third-order valence-electron chi connectivity index (χ3n) is 2.22. The summed E-state index contributed by atoms with van der Waals surface area (Å²) in [5.41, 5.74) is 2.71. The second-order valence-corrected chi connectivity index (χ2v) is 3.67. The second-order valence-electron chi connectivity index (χ2n) is 3.67. The van der Waals surface area contributed by atoms with Crippen molar-refractivity contribution in [2.24, 2.45) is 0 Å². The first-order chi connectivity index (χ1) is 7.13. The summed E-state index contributed by atoms with van der Waals surface area (Å²) in [6.45, 7) is 4.24. The summed E-state index contributed by atoms with van der Waals surface area (Å²) < 4.78 is 0. The molecule has 0 radical (unpaired) electrons. The van der Waals surface area contributed by atoms with Crippen LogP contribution < -0.4 is 0 Å². The Bertz CT molecular complexity index is 361. The minimum atomic E-state index is -0.879. The van der Waals surface area contributed by atoms with Crippen molar-refractivity contribution < 1.29 is 9.90 Å². The molecule has 15 heavy (non-hydrogen) atoms. The molecule has 0 aliphatic rings. The van der Waals surface area contributed by atoms with Gasteiger partial charge in [0.1, 0.15) is 0 Å². The lowest BCUT2D eigenvalue weighted by atomic mass is 10.1. The lowest BCUT2D eigenvalue weighted by Crippen LogP contribution is -1.94. The van der Waals surface area contributed by atoms with Gasteiger partial charge in [-0.1, -0.05) is 37.1 Å². The zero-order valence-electron chi connectivity index (χ0n) is 9.16. The minimum absolute atomic E-state index is 0.334. The van der Waals surface area contributed by atoms with E-state index in [4.69, 9.17) is 5.11 Å². The van der Waals surface area contributed by atoms with Crippen molar-refractivity contribution in [2.75, 3.05) is 0 Å².